The average Bonchev–Trinajstić information content (AvgIpc) is 3.25. The van der Waals surface area contributed by atoms with Gasteiger partial charge in [-0.25, -0.2) is 0 Å². The molecule has 2 saturated heterocycles. The molecule has 1 aliphatic carbocycles. The zero-order valence-corrected chi connectivity index (χ0v) is 14.0. The number of carbonyl (C=O) groups is 1. The third kappa shape index (κ3) is 1.25. The Morgan fingerprint density at radius 2 is 2.04 bits per heavy atom. The molecule has 1 aromatic rings. The highest BCUT2D eigenvalue weighted by Crippen LogP contribution is 2.69. The van der Waals surface area contributed by atoms with E-state index in [4.69, 9.17) is 9.47 Å². The van der Waals surface area contributed by atoms with Gasteiger partial charge in [0.15, 0.2) is 11.5 Å². The quantitative estimate of drug-likeness (QED) is 0.683. The summed E-state index contributed by atoms with van der Waals surface area (Å²) in [4.78, 5) is 18.2. The molecule has 2 bridgehead atoms. The Balaban J connectivity index is 1.52. The van der Waals surface area contributed by atoms with Crippen molar-refractivity contribution >= 4 is 11.6 Å². The zero-order chi connectivity index (χ0) is 16.4. The number of nitrogens with zero attached hydrogens (tertiary/aromatic N) is 2. The van der Waals surface area contributed by atoms with Crippen LogP contribution >= 0.6 is 0 Å². The number of anilines is 1. The summed E-state index contributed by atoms with van der Waals surface area (Å²) in [7, 11) is 0. The van der Waals surface area contributed by atoms with E-state index in [9.17, 15) is 4.79 Å². The summed E-state index contributed by atoms with van der Waals surface area (Å²) in [5.74, 6) is 2.36. The maximum Gasteiger partial charge on any atom is 0.231 e. The van der Waals surface area contributed by atoms with E-state index in [0.29, 0.717) is 24.3 Å². The maximum absolute atomic E-state index is 13.3. The van der Waals surface area contributed by atoms with Gasteiger partial charge in [0.2, 0.25) is 12.7 Å². The van der Waals surface area contributed by atoms with E-state index >= 15 is 0 Å². The molecule has 0 aromatic heterocycles. The number of benzene rings is 1. The van der Waals surface area contributed by atoms with E-state index in [2.05, 4.69) is 34.1 Å². The van der Waals surface area contributed by atoms with E-state index in [-0.39, 0.29) is 17.7 Å². The first-order chi connectivity index (χ1) is 12.2. The summed E-state index contributed by atoms with van der Waals surface area (Å²) in [6.45, 7) is 2.44. The summed E-state index contributed by atoms with van der Waals surface area (Å²) in [5, 5.41) is 0. The van der Waals surface area contributed by atoms with Crippen molar-refractivity contribution < 1.29 is 14.3 Å². The minimum absolute atomic E-state index is 0.0578. The van der Waals surface area contributed by atoms with Crippen LogP contribution in [0.1, 0.15) is 37.2 Å². The van der Waals surface area contributed by atoms with Crippen molar-refractivity contribution in [3.8, 4) is 11.5 Å². The third-order valence-corrected chi connectivity index (χ3v) is 7.76. The van der Waals surface area contributed by atoms with Crippen molar-refractivity contribution in [2.45, 2.75) is 43.2 Å². The highest BCUT2D eigenvalue weighted by atomic mass is 16.7. The molecule has 0 radical (unpaired) electrons. The van der Waals surface area contributed by atoms with Crippen LogP contribution in [-0.2, 0) is 4.79 Å². The Kier molecular flexibility index (Phi) is 2.05. The van der Waals surface area contributed by atoms with Crippen LogP contribution in [0.2, 0.25) is 0 Å². The highest BCUT2D eigenvalue weighted by Gasteiger charge is 2.73. The first kappa shape index (κ1) is 13.2. The molecule has 0 N–H and O–H groups in total. The number of piperidine rings is 2. The number of carbonyl (C=O) groups excluding carboxylic acids is 1. The summed E-state index contributed by atoms with van der Waals surface area (Å²) in [5.41, 5.74) is 2.40. The lowest BCUT2D eigenvalue weighted by Gasteiger charge is -2.59. The largest absolute Gasteiger partial charge is 0.454 e. The van der Waals surface area contributed by atoms with Crippen LogP contribution < -0.4 is 14.4 Å². The molecule has 5 nitrogen and oxygen atoms in total. The fourth-order valence-corrected chi connectivity index (χ4v) is 7.15. The molecule has 4 atom stereocenters. The van der Waals surface area contributed by atoms with Gasteiger partial charge in [0.1, 0.15) is 0 Å². The second-order valence-corrected chi connectivity index (χ2v) is 8.54. The van der Waals surface area contributed by atoms with Gasteiger partial charge in [-0.2, -0.15) is 0 Å². The van der Waals surface area contributed by atoms with Crippen LogP contribution in [0.15, 0.2) is 24.3 Å². The van der Waals surface area contributed by atoms with Crippen LogP contribution in [0.25, 0.3) is 0 Å². The van der Waals surface area contributed by atoms with Crippen LogP contribution in [0.3, 0.4) is 0 Å². The van der Waals surface area contributed by atoms with Gasteiger partial charge in [0.05, 0.1) is 11.2 Å². The van der Waals surface area contributed by atoms with Gasteiger partial charge in [-0.3, -0.25) is 9.69 Å². The summed E-state index contributed by atoms with van der Waals surface area (Å²) in [6, 6.07) is 4.69. The van der Waals surface area contributed by atoms with E-state index in [1.807, 2.05) is 0 Å². The molecule has 3 fully saturated rings. The molecule has 25 heavy (non-hydrogen) atoms. The first-order valence-corrected chi connectivity index (χ1v) is 9.41. The van der Waals surface area contributed by atoms with E-state index in [0.717, 1.165) is 49.5 Å². The average molecular weight is 336 g/mol. The molecule has 1 saturated carbocycles. The van der Waals surface area contributed by atoms with Crippen molar-refractivity contribution in [3.05, 3.63) is 29.8 Å². The summed E-state index contributed by atoms with van der Waals surface area (Å²) in [6.07, 6.45) is 8.69. The van der Waals surface area contributed by atoms with Crippen molar-refractivity contribution in [1.82, 2.24) is 4.90 Å². The Bertz CT molecular complexity index is 880. The smallest absolute Gasteiger partial charge is 0.231 e. The molecule has 1 amide bonds. The first-order valence-electron chi connectivity index (χ1n) is 9.41. The second kappa shape index (κ2) is 3.88. The Morgan fingerprint density at radius 3 is 2.96 bits per heavy atom. The van der Waals surface area contributed by atoms with Gasteiger partial charge in [0, 0.05) is 36.4 Å². The predicted octanol–water partition coefficient (Wildman–Crippen LogP) is 2.41. The minimum atomic E-state index is -0.0598. The molecular weight excluding hydrogens is 316 g/mol. The molecule has 128 valence electrons. The molecule has 6 aliphatic rings. The monoisotopic (exact) mass is 336 g/mol. The van der Waals surface area contributed by atoms with Crippen molar-refractivity contribution in [2.75, 3.05) is 24.8 Å². The zero-order valence-electron chi connectivity index (χ0n) is 14.0. The molecule has 5 heterocycles. The third-order valence-electron chi connectivity index (χ3n) is 7.76. The highest BCUT2D eigenvalue weighted by molar-refractivity contribution is 6.01. The van der Waals surface area contributed by atoms with Gasteiger partial charge >= 0.3 is 0 Å². The Labute approximate surface area is 146 Å². The van der Waals surface area contributed by atoms with E-state index in [1.165, 1.54) is 5.56 Å². The molecular formula is C20H20N2O3. The normalized spacial score (nSPS) is 41.9. The topological polar surface area (TPSA) is 42.0 Å². The number of rotatable bonds is 0. The maximum atomic E-state index is 13.3. The Hall–Kier alpha value is -2.01. The number of ether oxygens (including phenoxy) is 2. The molecule has 1 aromatic carbocycles. The van der Waals surface area contributed by atoms with Crippen molar-refractivity contribution in [2.24, 2.45) is 5.41 Å². The van der Waals surface area contributed by atoms with Gasteiger partial charge < -0.3 is 14.4 Å². The molecule has 1 spiro atoms. The van der Waals surface area contributed by atoms with Crippen molar-refractivity contribution in [1.29, 1.82) is 0 Å². The molecule has 5 aliphatic heterocycles. The summed E-state index contributed by atoms with van der Waals surface area (Å²) >= 11 is 0. The molecule has 1 unspecified atom stereocenters. The lowest BCUT2D eigenvalue weighted by Crippen LogP contribution is -2.72. The number of fused-ring (bicyclic) bond motifs is 4. The molecule has 5 heteroatoms. The van der Waals surface area contributed by atoms with Crippen LogP contribution in [0.5, 0.6) is 11.5 Å². The number of hydrogen-bond acceptors (Lipinski definition) is 4. The Morgan fingerprint density at radius 1 is 1.16 bits per heavy atom. The fourth-order valence-electron chi connectivity index (χ4n) is 7.15. The van der Waals surface area contributed by atoms with Crippen LogP contribution in [0.4, 0.5) is 5.69 Å². The van der Waals surface area contributed by atoms with E-state index in [1.54, 1.807) is 0 Å². The van der Waals surface area contributed by atoms with Crippen LogP contribution in [-0.4, -0.2) is 42.3 Å². The van der Waals surface area contributed by atoms with Gasteiger partial charge in [0.25, 0.3) is 0 Å². The second-order valence-electron chi connectivity index (χ2n) is 8.54. The number of hydrogen-bond donors (Lipinski definition) is 0. The number of amides is 1. The van der Waals surface area contributed by atoms with Gasteiger partial charge in [-0.15, -0.1) is 0 Å². The predicted molar refractivity (Wildman–Crippen MR) is 90.9 cm³/mol. The van der Waals surface area contributed by atoms with Gasteiger partial charge in [-0.1, -0.05) is 12.2 Å². The standard InChI is InChI=1S/C20H20N2O3/c23-17-10-19-3-1-6-21-7-2-13-12-8-15-16(25-11-24-15)9-14(12)22(17)20(13,5-4-19)18(19)21/h1,3,8-9,13,18H,2,4-7,10-11H2/t13-,18?,19-,20+/m0/s1. The lowest BCUT2D eigenvalue weighted by atomic mass is 9.63. The summed E-state index contributed by atoms with van der Waals surface area (Å²) < 4.78 is 11.3. The van der Waals surface area contributed by atoms with E-state index < -0.39 is 0 Å². The van der Waals surface area contributed by atoms with Crippen molar-refractivity contribution in [3.63, 3.8) is 0 Å². The fraction of sp³-hybridized carbons (Fsp3) is 0.550. The minimum Gasteiger partial charge on any atom is -0.454 e. The lowest BCUT2D eigenvalue weighted by molar-refractivity contribution is -0.127. The van der Waals surface area contributed by atoms with Gasteiger partial charge in [-0.05, 0) is 37.4 Å². The van der Waals surface area contributed by atoms with Crippen LogP contribution in [0, 0.1) is 5.41 Å². The molecule has 7 rings (SSSR count). The SMILES string of the molecule is O=C1C[C@]23C=CCN4CC[C@H]5c6cc7c(cc6N1[C@@]5(CC2)C43)OCO7.